The number of rotatable bonds is 6. The van der Waals surface area contributed by atoms with Gasteiger partial charge in [0.25, 0.3) is 5.56 Å². The molecular formula is C28H29BrN4O3. The molecule has 4 aromatic rings. The first-order valence-corrected chi connectivity index (χ1v) is 13.2. The number of nitrogens with zero attached hydrogens (tertiary/aromatic N) is 3. The molecule has 1 aliphatic rings. The molecule has 36 heavy (non-hydrogen) atoms. The van der Waals surface area contributed by atoms with Crippen molar-refractivity contribution in [3.63, 3.8) is 0 Å². The predicted molar refractivity (Wildman–Crippen MR) is 143 cm³/mol. The molecule has 2 heterocycles. The Kier molecular flexibility index (Phi) is 7.23. The Morgan fingerprint density at radius 3 is 2.58 bits per heavy atom. The lowest BCUT2D eigenvalue weighted by Crippen LogP contribution is -2.47. The molecule has 5 rings (SSSR count). The highest BCUT2D eigenvalue weighted by Gasteiger charge is 2.29. The van der Waals surface area contributed by atoms with E-state index >= 15 is 0 Å². The molecule has 8 heteroatoms. The highest BCUT2D eigenvalue weighted by Crippen LogP contribution is 2.26. The Morgan fingerprint density at radius 1 is 1.11 bits per heavy atom. The molecule has 186 valence electrons. The summed E-state index contributed by atoms with van der Waals surface area (Å²) >= 11 is 3.47. The van der Waals surface area contributed by atoms with Gasteiger partial charge in [-0.3, -0.25) is 9.36 Å². The Morgan fingerprint density at radius 2 is 1.86 bits per heavy atom. The summed E-state index contributed by atoms with van der Waals surface area (Å²) in [6.45, 7) is 2.17. The number of hydrogen-bond donors (Lipinski definition) is 1. The summed E-state index contributed by atoms with van der Waals surface area (Å²) in [7, 11) is 0. The van der Waals surface area contributed by atoms with Crippen LogP contribution in [0.15, 0.2) is 80.6 Å². The number of para-hydroxylation sites is 1. The number of halogens is 1. The van der Waals surface area contributed by atoms with E-state index in [2.05, 4.69) is 21.2 Å². The molecule has 7 nitrogen and oxygen atoms in total. The Balaban J connectivity index is 1.60. The van der Waals surface area contributed by atoms with Gasteiger partial charge in [0.05, 0.1) is 35.4 Å². The van der Waals surface area contributed by atoms with Crippen molar-refractivity contribution in [3.8, 4) is 5.69 Å². The molecule has 0 saturated heterocycles. The number of carbonyl (C=O) groups excluding carboxylic acids is 1. The van der Waals surface area contributed by atoms with E-state index in [1.165, 1.54) is 6.42 Å². The number of hydrogen-bond acceptors (Lipinski definition) is 4. The van der Waals surface area contributed by atoms with Crippen molar-refractivity contribution < 1.29 is 9.21 Å². The van der Waals surface area contributed by atoms with Crippen molar-refractivity contribution in [3.05, 3.63) is 93.3 Å². The summed E-state index contributed by atoms with van der Waals surface area (Å²) in [5.74, 6) is 1.16. The van der Waals surface area contributed by atoms with Gasteiger partial charge in [-0.2, -0.15) is 0 Å². The summed E-state index contributed by atoms with van der Waals surface area (Å²) in [5.41, 5.74) is 1.12. The topological polar surface area (TPSA) is 80.4 Å². The zero-order valence-electron chi connectivity index (χ0n) is 20.2. The van der Waals surface area contributed by atoms with E-state index in [1.54, 1.807) is 21.8 Å². The maximum Gasteiger partial charge on any atom is 0.318 e. The van der Waals surface area contributed by atoms with Gasteiger partial charge in [0, 0.05) is 10.5 Å². The van der Waals surface area contributed by atoms with E-state index in [0.717, 1.165) is 30.2 Å². The van der Waals surface area contributed by atoms with E-state index in [0.29, 0.717) is 28.2 Å². The Hall–Kier alpha value is -3.39. The number of urea groups is 1. The minimum atomic E-state index is -0.514. The second kappa shape index (κ2) is 10.7. The van der Waals surface area contributed by atoms with Crippen LogP contribution in [-0.2, 0) is 6.54 Å². The van der Waals surface area contributed by atoms with E-state index in [9.17, 15) is 9.59 Å². The summed E-state index contributed by atoms with van der Waals surface area (Å²) in [5, 5.41) is 3.75. The second-order valence-corrected chi connectivity index (χ2v) is 10.2. The molecule has 1 fully saturated rings. The third-order valence-electron chi connectivity index (χ3n) is 6.83. The van der Waals surface area contributed by atoms with E-state index in [-0.39, 0.29) is 24.2 Å². The fourth-order valence-corrected chi connectivity index (χ4v) is 5.13. The molecule has 2 amide bonds. The highest BCUT2D eigenvalue weighted by molar-refractivity contribution is 9.10. The normalized spacial score (nSPS) is 15.1. The third kappa shape index (κ3) is 5.09. The molecule has 1 saturated carbocycles. The molecule has 0 aliphatic heterocycles. The van der Waals surface area contributed by atoms with Gasteiger partial charge in [0.2, 0.25) is 0 Å². The zero-order valence-corrected chi connectivity index (χ0v) is 21.8. The minimum Gasteiger partial charge on any atom is -0.467 e. The van der Waals surface area contributed by atoms with Crippen LogP contribution in [0.2, 0.25) is 0 Å². The maximum absolute atomic E-state index is 13.7. The lowest BCUT2D eigenvalue weighted by atomic mass is 9.96. The molecule has 0 radical (unpaired) electrons. The summed E-state index contributed by atoms with van der Waals surface area (Å²) < 4.78 is 8.12. The summed E-state index contributed by atoms with van der Waals surface area (Å²) in [6.07, 6.45) is 7.00. The van der Waals surface area contributed by atoms with Gasteiger partial charge in [-0.1, -0.05) is 47.3 Å². The van der Waals surface area contributed by atoms with Gasteiger partial charge >= 0.3 is 6.03 Å². The average Bonchev–Trinajstić information content (AvgIpc) is 3.41. The fourth-order valence-electron chi connectivity index (χ4n) is 4.87. The monoisotopic (exact) mass is 548 g/mol. The molecule has 1 atom stereocenters. The smallest absolute Gasteiger partial charge is 0.318 e. The number of benzene rings is 2. The standard InChI is InChI=1S/C28H29BrN4O3/c1-19(32(18-23-10-7-17-36-23)28(35)30-21-8-3-2-4-9-21)26-31-25-12-6-5-11-24(25)27(34)33(26)22-15-13-20(29)14-16-22/h5-7,10-17,19,21H,2-4,8-9,18H2,1H3,(H,30,35). The molecule has 0 bridgehead atoms. The van der Waals surface area contributed by atoms with E-state index < -0.39 is 6.04 Å². The molecule has 1 unspecified atom stereocenters. The van der Waals surface area contributed by atoms with Gasteiger partial charge in [0.15, 0.2) is 0 Å². The number of aromatic nitrogens is 2. The van der Waals surface area contributed by atoms with Gasteiger partial charge in [-0.05, 0) is 68.3 Å². The van der Waals surface area contributed by atoms with Crippen molar-refractivity contribution in [2.75, 3.05) is 0 Å². The lowest BCUT2D eigenvalue weighted by molar-refractivity contribution is 0.159. The van der Waals surface area contributed by atoms with Crippen molar-refractivity contribution in [1.82, 2.24) is 19.8 Å². The van der Waals surface area contributed by atoms with Crippen LogP contribution in [0, 0.1) is 0 Å². The minimum absolute atomic E-state index is 0.149. The lowest BCUT2D eigenvalue weighted by Gasteiger charge is -2.32. The predicted octanol–water partition coefficient (Wildman–Crippen LogP) is 6.35. The number of furan rings is 1. The van der Waals surface area contributed by atoms with Crippen LogP contribution in [0.5, 0.6) is 0 Å². The molecule has 1 aliphatic carbocycles. The van der Waals surface area contributed by atoms with E-state index in [4.69, 9.17) is 9.40 Å². The number of carbonyl (C=O) groups is 1. The molecular weight excluding hydrogens is 520 g/mol. The van der Waals surface area contributed by atoms with E-state index in [1.807, 2.05) is 61.5 Å². The van der Waals surface area contributed by atoms with Gasteiger partial charge in [-0.15, -0.1) is 0 Å². The average molecular weight is 549 g/mol. The molecule has 1 N–H and O–H groups in total. The second-order valence-electron chi connectivity index (χ2n) is 9.27. The van der Waals surface area contributed by atoms with Crippen LogP contribution in [0.4, 0.5) is 4.79 Å². The summed E-state index contributed by atoms with van der Waals surface area (Å²) in [6, 6.07) is 17.9. The SMILES string of the molecule is CC(c1nc2ccccc2c(=O)n1-c1ccc(Br)cc1)N(Cc1ccco1)C(=O)NC1CCCCC1. The largest absolute Gasteiger partial charge is 0.467 e. The Labute approximate surface area is 218 Å². The van der Waals surface area contributed by atoms with Crippen LogP contribution in [-0.4, -0.2) is 26.5 Å². The number of nitrogens with one attached hydrogen (secondary N) is 1. The number of amides is 2. The third-order valence-corrected chi connectivity index (χ3v) is 7.36. The maximum atomic E-state index is 13.7. The van der Waals surface area contributed by atoms with Crippen LogP contribution in [0.25, 0.3) is 16.6 Å². The van der Waals surface area contributed by atoms with Gasteiger partial charge in [-0.25, -0.2) is 9.78 Å². The van der Waals surface area contributed by atoms with Gasteiger partial charge in [0.1, 0.15) is 11.6 Å². The van der Waals surface area contributed by atoms with Crippen LogP contribution >= 0.6 is 15.9 Å². The quantitative estimate of drug-likeness (QED) is 0.304. The first-order chi connectivity index (χ1) is 17.5. The van der Waals surface area contributed by atoms with Crippen molar-refractivity contribution in [2.24, 2.45) is 0 Å². The van der Waals surface area contributed by atoms with Crippen molar-refractivity contribution in [1.29, 1.82) is 0 Å². The van der Waals surface area contributed by atoms with Gasteiger partial charge < -0.3 is 14.6 Å². The number of fused-ring (bicyclic) bond motifs is 1. The Bertz CT molecular complexity index is 1390. The molecule has 2 aromatic carbocycles. The molecule has 2 aromatic heterocycles. The first kappa shape index (κ1) is 24.3. The van der Waals surface area contributed by atoms with Crippen LogP contribution in [0.3, 0.4) is 0 Å². The highest BCUT2D eigenvalue weighted by atomic mass is 79.9. The zero-order chi connectivity index (χ0) is 25.1. The van der Waals surface area contributed by atoms with Crippen molar-refractivity contribution in [2.45, 2.75) is 57.7 Å². The summed E-state index contributed by atoms with van der Waals surface area (Å²) in [4.78, 5) is 34.0. The first-order valence-electron chi connectivity index (χ1n) is 12.4. The van der Waals surface area contributed by atoms with Crippen LogP contribution < -0.4 is 10.9 Å². The van der Waals surface area contributed by atoms with Crippen LogP contribution in [0.1, 0.15) is 56.7 Å². The van der Waals surface area contributed by atoms with Crippen molar-refractivity contribution >= 4 is 32.9 Å². The molecule has 0 spiro atoms. The fraction of sp³-hybridized carbons (Fsp3) is 0.321.